The van der Waals surface area contributed by atoms with E-state index in [2.05, 4.69) is 0 Å². The van der Waals surface area contributed by atoms with Crippen molar-refractivity contribution < 1.29 is 38.1 Å². The molecule has 2 atom stereocenters. The molecule has 0 aromatic carbocycles. The number of carbonyl (C=O) groups is 4. The van der Waals surface area contributed by atoms with Crippen molar-refractivity contribution >= 4 is 24.4 Å². The van der Waals surface area contributed by atoms with Crippen LogP contribution in [0.4, 0.5) is 19.2 Å². The number of carbonyl (C=O) groups excluding carboxylic acids is 4. The Morgan fingerprint density at radius 3 is 1.20 bits per heavy atom. The zero-order valence-electron chi connectivity index (χ0n) is 17.9. The molecule has 0 aliphatic carbocycles. The summed E-state index contributed by atoms with van der Waals surface area (Å²) in [5.41, 5.74) is 0. The molecule has 12 heteroatoms. The third-order valence-corrected chi connectivity index (χ3v) is 4.76. The summed E-state index contributed by atoms with van der Waals surface area (Å²) in [6.45, 7) is 7.35. The molecular weight excluding hydrogens is 400 g/mol. The average Bonchev–Trinajstić information content (AvgIpc) is 2.72. The third kappa shape index (κ3) is 5.16. The lowest BCUT2D eigenvalue weighted by Gasteiger charge is -2.52. The van der Waals surface area contributed by atoms with Gasteiger partial charge in [-0.1, -0.05) is 0 Å². The SMILES string of the molecule is CCOC(=O)N1C[C@H]2[C@H](CN(C(=O)OCC)CN2C(=O)OCC)N(C(=O)OCC)C1. The lowest BCUT2D eigenvalue weighted by atomic mass is 9.99. The van der Waals surface area contributed by atoms with Crippen molar-refractivity contribution in [2.45, 2.75) is 39.8 Å². The van der Waals surface area contributed by atoms with Crippen LogP contribution in [0.1, 0.15) is 27.7 Å². The fourth-order valence-electron chi connectivity index (χ4n) is 3.49. The molecule has 0 N–H and O–H groups in total. The molecule has 0 radical (unpaired) electrons. The first-order chi connectivity index (χ1) is 14.4. The predicted molar refractivity (Wildman–Crippen MR) is 102 cm³/mol. The van der Waals surface area contributed by atoms with E-state index < -0.39 is 36.5 Å². The zero-order valence-corrected chi connectivity index (χ0v) is 17.9. The minimum atomic E-state index is -0.656. The molecule has 12 nitrogen and oxygen atoms in total. The molecule has 2 aliphatic rings. The second-order valence-electron chi connectivity index (χ2n) is 6.60. The van der Waals surface area contributed by atoms with Crippen LogP contribution in [0.25, 0.3) is 0 Å². The van der Waals surface area contributed by atoms with Crippen LogP contribution in [0, 0.1) is 0 Å². The summed E-state index contributed by atoms with van der Waals surface area (Å²) >= 11 is 0. The highest BCUT2D eigenvalue weighted by Crippen LogP contribution is 2.27. The van der Waals surface area contributed by atoms with Gasteiger partial charge in [-0.05, 0) is 27.7 Å². The van der Waals surface area contributed by atoms with Gasteiger partial charge in [0.25, 0.3) is 0 Å². The van der Waals surface area contributed by atoms with Gasteiger partial charge in [-0.25, -0.2) is 19.2 Å². The predicted octanol–water partition coefficient (Wildman–Crippen LogP) is 1.50. The van der Waals surface area contributed by atoms with Crippen LogP contribution in [0.2, 0.25) is 0 Å². The van der Waals surface area contributed by atoms with Gasteiger partial charge in [0.05, 0.1) is 38.5 Å². The molecule has 0 aromatic heterocycles. The lowest BCUT2D eigenvalue weighted by molar-refractivity contribution is -0.0694. The molecule has 0 unspecified atom stereocenters. The summed E-state index contributed by atoms with van der Waals surface area (Å²) in [5.74, 6) is 0. The Bertz CT molecular complexity index is 592. The Kier molecular flexibility index (Phi) is 8.36. The van der Waals surface area contributed by atoms with Gasteiger partial charge in [-0.15, -0.1) is 0 Å². The number of nitrogens with zero attached hydrogens (tertiary/aromatic N) is 4. The molecule has 2 rings (SSSR count). The van der Waals surface area contributed by atoms with Crippen LogP contribution < -0.4 is 0 Å². The molecule has 0 spiro atoms. The second-order valence-corrected chi connectivity index (χ2v) is 6.60. The fourth-order valence-corrected chi connectivity index (χ4v) is 3.49. The summed E-state index contributed by atoms with van der Waals surface area (Å²) in [5, 5.41) is 0. The van der Waals surface area contributed by atoms with E-state index in [0.717, 1.165) is 0 Å². The van der Waals surface area contributed by atoms with E-state index in [0.29, 0.717) is 0 Å². The van der Waals surface area contributed by atoms with Crippen LogP contribution in [-0.4, -0.2) is 109 Å². The normalized spacial score (nSPS) is 20.9. The lowest BCUT2D eigenvalue weighted by Crippen LogP contribution is -2.73. The molecule has 4 amide bonds. The number of amides is 4. The van der Waals surface area contributed by atoms with Crippen molar-refractivity contribution in [2.75, 3.05) is 52.9 Å². The van der Waals surface area contributed by atoms with Gasteiger partial charge in [0.1, 0.15) is 13.3 Å². The molecule has 2 saturated heterocycles. The minimum Gasteiger partial charge on any atom is -0.450 e. The summed E-state index contributed by atoms with van der Waals surface area (Å²) in [7, 11) is 0. The summed E-state index contributed by atoms with van der Waals surface area (Å²) < 4.78 is 20.4. The molecule has 30 heavy (non-hydrogen) atoms. The molecule has 0 saturated carbocycles. The third-order valence-electron chi connectivity index (χ3n) is 4.76. The van der Waals surface area contributed by atoms with Gasteiger partial charge >= 0.3 is 24.4 Å². The van der Waals surface area contributed by atoms with E-state index in [1.54, 1.807) is 27.7 Å². The van der Waals surface area contributed by atoms with E-state index in [9.17, 15) is 19.2 Å². The summed E-state index contributed by atoms with van der Waals surface area (Å²) in [4.78, 5) is 55.3. The first-order valence-electron chi connectivity index (χ1n) is 10.1. The summed E-state index contributed by atoms with van der Waals surface area (Å²) in [6.07, 6.45) is -2.53. The largest absolute Gasteiger partial charge is 0.450 e. The summed E-state index contributed by atoms with van der Waals surface area (Å²) in [6, 6.07) is -1.23. The molecule has 2 fully saturated rings. The average molecular weight is 430 g/mol. The topological polar surface area (TPSA) is 118 Å². The van der Waals surface area contributed by atoms with Crippen LogP contribution in [0.3, 0.4) is 0 Å². The number of hydrogen-bond acceptors (Lipinski definition) is 8. The van der Waals surface area contributed by atoms with Crippen LogP contribution in [-0.2, 0) is 18.9 Å². The maximum Gasteiger partial charge on any atom is 0.411 e. The Hall–Kier alpha value is -2.92. The molecule has 170 valence electrons. The highest BCUT2D eigenvalue weighted by Gasteiger charge is 2.49. The quantitative estimate of drug-likeness (QED) is 0.616. The van der Waals surface area contributed by atoms with Crippen molar-refractivity contribution in [2.24, 2.45) is 0 Å². The van der Waals surface area contributed by atoms with Crippen LogP contribution >= 0.6 is 0 Å². The number of fused-ring (bicyclic) bond motifs is 1. The Balaban J connectivity index is 2.38. The van der Waals surface area contributed by atoms with Gasteiger partial charge in [0, 0.05) is 13.1 Å². The second kappa shape index (κ2) is 10.7. The van der Waals surface area contributed by atoms with E-state index in [1.165, 1.54) is 19.6 Å². The molecule has 2 aliphatic heterocycles. The number of rotatable bonds is 4. The highest BCUT2D eigenvalue weighted by atomic mass is 16.6. The zero-order chi connectivity index (χ0) is 22.3. The van der Waals surface area contributed by atoms with Crippen molar-refractivity contribution in [3.05, 3.63) is 0 Å². The van der Waals surface area contributed by atoms with Crippen molar-refractivity contribution in [3.8, 4) is 0 Å². The Morgan fingerprint density at radius 1 is 0.600 bits per heavy atom. The minimum absolute atomic E-state index is 0.0911. The fraction of sp³-hybridized carbons (Fsp3) is 0.778. The first-order valence-corrected chi connectivity index (χ1v) is 10.1. The maximum atomic E-state index is 12.6. The van der Waals surface area contributed by atoms with E-state index in [4.69, 9.17) is 18.9 Å². The first kappa shape index (κ1) is 23.4. The highest BCUT2D eigenvalue weighted by molar-refractivity contribution is 5.75. The van der Waals surface area contributed by atoms with Gasteiger partial charge in [-0.3, -0.25) is 19.6 Å². The van der Waals surface area contributed by atoms with Gasteiger partial charge in [-0.2, -0.15) is 0 Å². The molecule has 0 aromatic rings. The van der Waals surface area contributed by atoms with E-state index in [-0.39, 0.29) is 52.9 Å². The van der Waals surface area contributed by atoms with Crippen molar-refractivity contribution in [1.29, 1.82) is 0 Å². The molecule has 2 heterocycles. The Labute approximate surface area is 175 Å². The monoisotopic (exact) mass is 430 g/mol. The smallest absolute Gasteiger partial charge is 0.411 e. The standard InChI is InChI=1S/C18H30N4O8/c1-5-27-15(23)19-9-13-14(21(11-19)17(25)29-7-3)10-20(16(24)28-6-2)12-22(13)18(26)30-8-4/h13-14H,5-12H2,1-4H3/t13-,14-/m0/s1. The number of ether oxygens (including phenoxy) is 4. The van der Waals surface area contributed by atoms with Crippen LogP contribution in [0.5, 0.6) is 0 Å². The Morgan fingerprint density at radius 2 is 0.900 bits per heavy atom. The van der Waals surface area contributed by atoms with Crippen molar-refractivity contribution in [3.63, 3.8) is 0 Å². The van der Waals surface area contributed by atoms with Gasteiger partial charge < -0.3 is 18.9 Å². The van der Waals surface area contributed by atoms with Gasteiger partial charge in [0.2, 0.25) is 0 Å². The van der Waals surface area contributed by atoms with E-state index in [1.807, 2.05) is 0 Å². The van der Waals surface area contributed by atoms with Crippen molar-refractivity contribution in [1.82, 2.24) is 19.6 Å². The maximum absolute atomic E-state index is 12.6. The van der Waals surface area contributed by atoms with E-state index >= 15 is 0 Å². The van der Waals surface area contributed by atoms with Gasteiger partial charge in [0.15, 0.2) is 0 Å². The number of hydrogen-bond donors (Lipinski definition) is 0. The molecule has 0 bridgehead atoms. The molecular formula is C18H30N4O8. The van der Waals surface area contributed by atoms with Crippen LogP contribution in [0.15, 0.2) is 0 Å².